The van der Waals surface area contributed by atoms with Crippen LogP contribution in [-0.4, -0.2) is 59.3 Å². The maximum absolute atomic E-state index is 14.8. The Hall–Kier alpha value is -4.49. The van der Waals surface area contributed by atoms with Crippen LogP contribution in [0.4, 0.5) is 4.39 Å². The first kappa shape index (κ1) is 33.4. The first-order chi connectivity index (χ1) is 23.3. The molecule has 48 heavy (non-hydrogen) atoms. The molecule has 2 unspecified atom stereocenters. The van der Waals surface area contributed by atoms with E-state index in [-0.39, 0.29) is 24.4 Å². The number of halogens is 1. The molecule has 8 nitrogen and oxygen atoms in total. The van der Waals surface area contributed by atoms with Gasteiger partial charge in [-0.3, -0.25) is 9.69 Å². The number of hydrogen-bond acceptors (Lipinski definition) is 7. The zero-order chi connectivity index (χ0) is 33.5. The summed E-state index contributed by atoms with van der Waals surface area (Å²) in [6.07, 6.45) is 12.5. The van der Waals surface area contributed by atoms with Crippen LogP contribution in [0.3, 0.4) is 0 Å². The molecular weight excluding hydrogens is 607 g/mol. The molecule has 1 fully saturated rings. The summed E-state index contributed by atoms with van der Waals surface area (Å²) in [5.41, 5.74) is 4.28. The highest BCUT2D eigenvalue weighted by Gasteiger charge is 2.44. The van der Waals surface area contributed by atoms with Crippen molar-refractivity contribution < 1.29 is 23.4 Å². The van der Waals surface area contributed by atoms with Crippen LogP contribution in [0, 0.1) is 18.2 Å². The van der Waals surface area contributed by atoms with Crippen LogP contribution in [0.15, 0.2) is 77.5 Å². The van der Waals surface area contributed by atoms with E-state index in [9.17, 15) is 14.3 Å². The third kappa shape index (κ3) is 8.32. The Balaban J connectivity index is 1.31. The van der Waals surface area contributed by atoms with Crippen molar-refractivity contribution in [3.05, 3.63) is 107 Å². The molecule has 3 aromatic carbocycles. The smallest absolute Gasteiger partial charge is 0.251 e. The molecule has 1 aromatic heterocycles. The van der Waals surface area contributed by atoms with Crippen molar-refractivity contribution in [3.63, 3.8) is 0 Å². The van der Waals surface area contributed by atoms with Gasteiger partial charge in [-0.15, -0.1) is 6.42 Å². The summed E-state index contributed by atoms with van der Waals surface area (Å²) in [5.74, 6) is 2.77. The molecule has 1 saturated carbocycles. The van der Waals surface area contributed by atoms with Crippen LogP contribution in [0.25, 0.3) is 11.5 Å². The maximum atomic E-state index is 14.8. The molecule has 6 rings (SSSR count). The monoisotopic (exact) mass is 650 g/mol. The van der Waals surface area contributed by atoms with E-state index < -0.39 is 18.0 Å². The van der Waals surface area contributed by atoms with E-state index in [2.05, 4.69) is 33.4 Å². The summed E-state index contributed by atoms with van der Waals surface area (Å²) >= 11 is 0. The van der Waals surface area contributed by atoms with E-state index in [1.807, 2.05) is 36.4 Å². The number of rotatable bonds is 8. The van der Waals surface area contributed by atoms with Gasteiger partial charge in [0.1, 0.15) is 17.8 Å². The number of oxazole rings is 1. The third-order valence-electron chi connectivity index (χ3n) is 9.17. The summed E-state index contributed by atoms with van der Waals surface area (Å²) in [6, 6.07) is 17.4. The lowest BCUT2D eigenvalue weighted by molar-refractivity contribution is 0.0822. The van der Waals surface area contributed by atoms with Crippen molar-refractivity contribution in [3.8, 4) is 29.5 Å². The van der Waals surface area contributed by atoms with Crippen molar-refractivity contribution in [2.45, 2.75) is 69.7 Å². The van der Waals surface area contributed by atoms with Crippen LogP contribution in [0.2, 0.25) is 0 Å². The van der Waals surface area contributed by atoms with Crippen LogP contribution < -0.4 is 15.4 Å². The van der Waals surface area contributed by atoms with Crippen LogP contribution >= 0.6 is 0 Å². The molecule has 2 aliphatic rings. The minimum Gasteiger partial charge on any atom is -0.493 e. The summed E-state index contributed by atoms with van der Waals surface area (Å²) in [6.45, 7) is 5.21. The van der Waals surface area contributed by atoms with Crippen molar-refractivity contribution >= 4 is 5.91 Å². The number of fused-ring (bicyclic) bond motifs is 4. The number of nitrogens with one attached hydrogen (secondary N) is 2. The number of hydrogen-bond donors (Lipinski definition) is 3. The molecule has 0 radical (unpaired) electrons. The number of terminal acetylenes is 1. The lowest BCUT2D eigenvalue weighted by Crippen LogP contribution is -2.50. The maximum Gasteiger partial charge on any atom is 0.251 e. The average molecular weight is 651 g/mol. The summed E-state index contributed by atoms with van der Waals surface area (Å²) in [7, 11) is 0. The van der Waals surface area contributed by atoms with Gasteiger partial charge < -0.3 is 24.9 Å². The van der Waals surface area contributed by atoms with Crippen molar-refractivity contribution in [2.75, 3.05) is 26.2 Å². The van der Waals surface area contributed by atoms with E-state index in [4.69, 9.17) is 15.6 Å². The van der Waals surface area contributed by atoms with Gasteiger partial charge in [0.15, 0.2) is 0 Å². The number of aromatic nitrogens is 1. The molecule has 3 N–H and O–H groups in total. The molecule has 1 aliphatic heterocycles. The molecule has 0 saturated heterocycles. The highest BCUT2D eigenvalue weighted by Crippen LogP contribution is 2.45. The molecule has 2 atom stereocenters. The number of nitrogens with zero attached hydrogens (tertiary/aromatic N) is 2. The SMILES string of the molecule is C#Cc1cccc(C2(NCC(O)C3Cc4cc(F)cc(c4)OCCCCN(CCC)Cc4cc(cc(-c5ncco5)c4)C(=O)N3)CC2)c1. The molecule has 4 aromatic rings. The Bertz CT molecular complexity index is 1750. The lowest BCUT2D eigenvalue weighted by Gasteiger charge is -2.28. The normalized spacial score (nSPS) is 19.0. The fourth-order valence-corrected chi connectivity index (χ4v) is 6.53. The second kappa shape index (κ2) is 15.2. The Morgan fingerprint density at radius 3 is 2.77 bits per heavy atom. The predicted molar refractivity (Wildman–Crippen MR) is 183 cm³/mol. The van der Waals surface area contributed by atoms with Crippen LogP contribution in [0.1, 0.15) is 71.6 Å². The van der Waals surface area contributed by atoms with E-state index in [1.165, 1.54) is 18.4 Å². The second-order valence-electron chi connectivity index (χ2n) is 12.9. The van der Waals surface area contributed by atoms with E-state index in [0.29, 0.717) is 41.5 Å². The summed E-state index contributed by atoms with van der Waals surface area (Å²) in [5, 5.41) is 18.3. The highest BCUT2D eigenvalue weighted by atomic mass is 19.1. The van der Waals surface area contributed by atoms with Crippen LogP contribution in [-0.2, 0) is 18.5 Å². The Morgan fingerprint density at radius 1 is 1.15 bits per heavy atom. The molecule has 1 aliphatic carbocycles. The summed E-state index contributed by atoms with van der Waals surface area (Å²) in [4.78, 5) is 20.7. The molecular formula is C39H43FN4O4. The van der Waals surface area contributed by atoms with E-state index in [1.54, 1.807) is 18.3 Å². The minimum absolute atomic E-state index is 0.193. The standard InChI is InChI=1S/C39H43FN4O4/c1-3-13-44-14-5-6-15-47-34-21-28(20-33(40)24-34)22-35(36(45)25-42-39(10-11-39)32-9-7-8-27(4-2)19-32)43-37(46)30-17-29(26-44)18-31(23-30)38-41-12-16-48-38/h2,7-9,12,16-21,23-24,35-36,42,45H,3,5-6,10-11,13-15,22,25-26H2,1H3,(H,43,46). The van der Waals surface area contributed by atoms with E-state index >= 15 is 0 Å². The van der Waals surface area contributed by atoms with Gasteiger partial charge in [0, 0.05) is 41.4 Å². The predicted octanol–water partition coefficient (Wildman–Crippen LogP) is 5.83. The number of aliphatic hydroxyl groups excluding tert-OH is 1. The molecule has 4 bridgehead atoms. The Labute approximate surface area is 281 Å². The molecule has 250 valence electrons. The van der Waals surface area contributed by atoms with Gasteiger partial charge in [0.25, 0.3) is 5.91 Å². The first-order valence-corrected chi connectivity index (χ1v) is 16.8. The fraction of sp³-hybridized carbons (Fsp3) is 0.385. The largest absolute Gasteiger partial charge is 0.493 e. The van der Waals surface area contributed by atoms with Gasteiger partial charge >= 0.3 is 0 Å². The zero-order valence-electron chi connectivity index (χ0n) is 27.4. The number of carbonyl (C=O) groups excluding carboxylic acids is 1. The third-order valence-corrected chi connectivity index (χ3v) is 9.17. The number of carbonyl (C=O) groups is 1. The highest BCUT2D eigenvalue weighted by molar-refractivity contribution is 5.95. The molecule has 9 heteroatoms. The van der Waals surface area contributed by atoms with Gasteiger partial charge in [-0.05, 0) is 111 Å². The lowest BCUT2D eigenvalue weighted by atomic mass is 9.98. The second-order valence-corrected chi connectivity index (χ2v) is 12.9. The average Bonchev–Trinajstić information content (AvgIpc) is 3.68. The van der Waals surface area contributed by atoms with Gasteiger partial charge in [0.2, 0.25) is 5.89 Å². The van der Waals surface area contributed by atoms with Crippen molar-refractivity contribution in [1.82, 2.24) is 20.5 Å². The van der Waals surface area contributed by atoms with Gasteiger partial charge in [-0.1, -0.05) is 25.0 Å². The fourth-order valence-electron chi connectivity index (χ4n) is 6.53. The van der Waals surface area contributed by atoms with E-state index in [0.717, 1.165) is 61.9 Å². The molecule has 1 amide bonds. The topological polar surface area (TPSA) is 99.9 Å². The number of aliphatic hydroxyl groups is 1. The van der Waals surface area contributed by atoms with Crippen molar-refractivity contribution in [1.29, 1.82) is 0 Å². The number of ether oxygens (including phenoxy) is 1. The Morgan fingerprint density at radius 2 is 2.00 bits per heavy atom. The number of amides is 1. The zero-order valence-corrected chi connectivity index (χ0v) is 27.4. The molecule has 0 spiro atoms. The van der Waals surface area contributed by atoms with Gasteiger partial charge in [0.05, 0.1) is 24.9 Å². The quantitative estimate of drug-likeness (QED) is 0.207. The summed E-state index contributed by atoms with van der Waals surface area (Å²) < 4.78 is 26.4. The first-order valence-electron chi connectivity index (χ1n) is 16.8. The molecule has 2 heterocycles. The van der Waals surface area contributed by atoms with Gasteiger partial charge in [-0.25, -0.2) is 9.37 Å². The van der Waals surface area contributed by atoms with Crippen LogP contribution in [0.5, 0.6) is 5.75 Å². The van der Waals surface area contributed by atoms with Crippen molar-refractivity contribution in [2.24, 2.45) is 0 Å². The number of benzene rings is 3. The Kier molecular flexibility index (Phi) is 10.6. The van der Waals surface area contributed by atoms with Gasteiger partial charge in [-0.2, -0.15) is 0 Å². The minimum atomic E-state index is -0.994.